The summed E-state index contributed by atoms with van der Waals surface area (Å²) in [5, 5.41) is 3.12. The summed E-state index contributed by atoms with van der Waals surface area (Å²) in [6.45, 7) is 5.12. The summed E-state index contributed by atoms with van der Waals surface area (Å²) in [6.07, 6.45) is 6.41. The molecule has 5 rings (SSSR count). The summed E-state index contributed by atoms with van der Waals surface area (Å²) in [5.74, 6) is 0.192. The summed E-state index contributed by atoms with van der Waals surface area (Å²) in [5.41, 5.74) is 6.34. The van der Waals surface area contributed by atoms with E-state index in [1.165, 1.54) is 0 Å². The number of benzene rings is 4. The van der Waals surface area contributed by atoms with E-state index in [0.29, 0.717) is 6.42 Å². The number of nitrogens with zero attached hydrogens (tertiary/aromatic N) is 2. The molecule has 1 heterocycles. The van der Waals surface area contributed by atoms with Crippen LogP contribution in [-0.4, -0.2) is 16.4 Å². The Hall–Kier alpha value is -4.90. The summed E-state index contributed by atoms with van der Waals surface area (Å²) in [4.78, 5) is 28.9. The molecule has 1 N–H and O–H groups in total. The van der Waals surface area contributed by atoms with Crippen molar-refractivity contribution in [1.29, 1.82) is 0 Å². The average molecular weight is 584 g/mol. The molecule has 0 unspecified atom stereocenters. The lowest BCUT2D eigenvalue weighted by Crippen LogP contribution is -2.25. The predicted octanol–water partition coefficient (Wildman–Crippen LogP) is 9.85. The van der Waals surface area contributed by atoms with E-state index >= 15 is 0 Å². The molecule has 0 radical (unpaired) electrons. The van der Waals surface area contributed by atoms with Crippen LogP contribution in [0, 0.1) is 0 Å². The second-order valence-corrected chi connectivity index (χ2v) is 11.4. The second kappa shape index (κ2) is 15.0. The molecule has 0 saturated carbocycles. The van der Waals surface area contributed by atoms with Gasteiger partial charge in [-0.1, -0.05) is 112 Å². The molecule has 5 nitrogen and oxygen atoms in total. The van der Waals surface area contributed by atoms with Crippen LogP contribution in [0.4, 0.5) is 17.1 Å². The monoisotopic (exact) mass is 583 g/mol. The Morgan fingerprint density at radius 3 is 1.77 bits per heavy atom. The maximum Gasteiger partial charge on any atom is 0.258 e. The van der Waals surface area contributed by atoms with Gasteiger partial charge in [0.05, 0.1) is 5.56 Å². The SMILES string of the molecule is CC(C)c1c(C(=O)Nc2ccccc2)c(-c2ccccc2)cn1CCCCCCC(=O)N(c1ccccc1)c1ccccc1. The molecule has 0 fully saturated rings. The van der Waals surface area contributed by atoms with Crippen molar-refractivity contribution < 1.29 is 9.59 Å². The smallest absolute Gasteiger partial charge is 0.258 e. The van der Waals surface area contributed by atoms with Gasteiger partial charge in [0.1, 0.15) is 0 Å². The first-order valence-corrected chi connectivity index (χ1v) is 15.6. The van der Waals surface area contributed by atoms with Crippen molar-refractivity contribution >= 4 is 28.9 Å². The summed E-state index contributed by atoms with van der Waals surface area (Å²) in [6, 6.07) is 39.5. The molecule has 0 bridgehead atoms. The zero-order valence-electron chi connectivity index (χ0n) is 25.7. The van der Waals surface area contributed by atoms with E-state index in [4.69, 9.17) is 0 Å². The van der Waals surface area contributed by atoms with Gasteiger partial charge in [-0.25, -0.2) is 0 Å². The van der Waals surface area contributed by atoms with Gasteiger partial charge in [-0.2, -0.15) is 0 Å². The van der Waals surface area contributed by atoms with E-state index in [-0.39, 0.29) is 17.7 Å². The van der Waals surface area contributed by atoms with Gasteiger partial charge in [0.15, 0.2) is 0 Å². The molecule has 0 aliphatic heterocycles. The molecule has 5 heteroatoms. The number of carbonyl (C=O) groups is 2. The standard InChI is InChI=1S/C39H41N3O2/c1-30(2)38-37(39(44)40-32-21-11-6-12-22-32)35(31-19-9-5-10-20-31)29-41(38)28-18-4-3-17-27-36(43)42(33-23-13-7-14-24-33)34-25-15-8-16-26-34/h5-16,19-26,29-30H,3-4,17-18,27-28H2,1-2H3,(H,40,44). The summed E-state index contributed by atoms with van der Waals surface area (Å²) >= 11 is 0. The zero-order valence-corrected chi connectivity index (χ0v) is 25.7. The van der Waals surface area contributed by atoms with Crippen LogP contribution in [0.2, 0.25) is 0 Å². The Morgan fingerprint density at radius 1 is 0.682 bits per heavy atom. The van der Waals surface area contributed by atoms with Gasteiger partial charge in [0, 0.05) is 47.5 Å². The number of para-hydroxylation sites is 3. The van der Waals surface area contributed by atoms with Crippen molar-refractivity contribution in [2.24, 2.45) is 0 Å². The van der Waals surface area contributed by atoms with Crippen molar-refractivity contribution in [3.8, 4) is 11.1 Å². The van der Waals surface area contributed by atoms with Crippen molar-refractivity contribution in [2.45, 2.75) is 58.4 Å². The highest BCUT2D eigenvalue weighted by Crippen LogP contribution is 2.34. The molecule has 5 aromatic rings. The van der Waals surface area contributed by atoms with Crippen molar-refractivity contribution in [3.63, 3.8) is 0 Å². The largest absolute Gasteiger partial charge is 0.350 e. The van der Waals surface area contributed by atoms with Crippen LogP contribution >= 0.6 is 0 Å². The molecule has 2 amide bonds. The Balaban J connectivity index is 1.25. The number of nitrogens with one attached hydrogen (secondary N) is 1. The highest BCUT2D eigenvalue weighted by atomic mass is 16.2. The van der Waals surface area contributed by atoms with Crippen molar-refractivity contribution in [2.75, 3.05) is 10.2 Å². The second-order valence-electron chi connectivity index (χ2n) is 11.4. The molecule has 0 atom stereocenters. The first kappa shape index (κ1) is 30.6. The lowest BCUT2D eigenvalue weighted by atomic mass is 9.98. The van der Waals surface area contributed by atoms with E-state index in [2.05, 4.69) is 42.1 Å². The van der Waals surface area contributed by atoms with Crippen LogP contribution in [0.15, 0.2) is 128 Å². The molecule has 4 aromatic carbocycles. The topological polar surface area (TPSA) is 54.3 Å². The number of unbranched alkanes of at least 4 members (excludes halogenated alkanes) is 3. The Bertz CT molecular complexity index is 1590. The number of carbonyl (C=O) groups excluding carboxylic acids is 2. The minimum atomic E-state index is -0.0857. The first-order valence-electron chi connectivity index (χ1n) is 15.6. The lowest BCUT2D eigenvalue weighted by molar-refractivity contribution is -0.118. The maximum absolute atomic E-state index is 13.7. The van der Waals surface area contributed by atoms with Gasteiger partial charge in [-0.15, -0.1) is 0 Å². The van der Waals surface area contributed by atoms with E-state index in [1.54, 1.807) is 0 Å². The third kappa shape index (κ3) is 7.54. The van der Waals surface area contributed by atoms with Gasteiger partial charge in [-0.05, 0) is 60.7 Å². The van der Waals surface area contributed by atoms with Crippen LogP contribution in [0.5, 0.6) is 0 Å². The van der Waals surface area contributed by atoms with E-state index in [1.807, 2.05) is 114 Å². The number of hydrogen-bond acceptors (Lipinski definition) is 2. The molecule has 0 saturated heterocycles. The molecular weight excluding hydrogens is 542 g/mol. The maximum atomic E-state index is 13.7. The molecule has 224 valence electrons. The minimum Gasteiger partial charge on any atom is -0.350 e. The van der Waals surface area contributed by atoms with Gasteiger partial charge in [0.25, 0.3) is 5.91 Å². The van der Waals surface area contributed by atoms with Crippen LogP contribution < -0.4 is 10.2 Å². The first-order chi connectivity index (χ1) is 21.5. The van der Waals surface area contributed by atoms with Crippen LogP contribution in [-0.2, 0) is 11.3 Å². The Morgan fingerprint density at radius 2 is 1.20 bits per heavy atom. The normalized spacial score (nSPS) is 11.0. The van der Waals surface area contributed by atoms with Gasteiger partial charge in [-0.3, -0.25) is 14.5 Å². The van der Waals surface area contributed by atoms with E-state index in [0.717, 1.165) is 71.7 Å². The average Bonchev–Trinajstić information content (AvgIpc) is 3.45. The van der Waals surface area contributed by atoms with Crippen LogP contribution in [0.3, 0.4) is 0 Å². The van der Waals surface area contributed by atoms with E-state index < -0.39 is 0 Å². The van der Waals surface area contributed by atoms with Gasteiger partial charge in [0.2, 0.25) is 5.91 Å². The fraction of sp³-hybridized carbons (Fsp3) is 0.231. The molecule has 44 heavy (non-hydrogen) atoms. The van der Waals surface area contributed by atoms with Crippen molar-refractivity contribution in [1.82, 2.24) is 4.57 Å². The van der Waals surface area contributed by atoms with Crippen molar-refractivity contribution in [3.05, 3.63) is 139 Å². The fourth-order valence-corrected chi connectivity index (χ4v) is 5.78. The highest BCUT2D eigenvalue weighted by molar-refractivity contribution is 6.10. The van der Waals surface area contributed by atoms with Gasteiger partial charge < -0.3 is 9.88 Å². The molecule has 0 aliphatic carbocycles. The van der Waals surface area contributed by atoms with Gasteiger partial charge >= 0.3 is 0 Å². The Kier molecular flexibility index (Phi) is 10.4. The fourth-order valence-electron chi connectivity index (χ4n) is 5.78. The van der Waals surface area contributed by atoms with Crippen LogP contribution in [0.1, 0.15) is 67.9 Å². The number of aromatic nitrogens is 1. The number of hydrogen-bond donors (Lipinski definition) is 1. The van der Waals surface area contributed by atoms with E-state index in [9.17, 15) is 9.59 Å². The zero-order chi connectivity index (χ0) is 30.7. The molecular formula is C39H41N3O2. The molecule has 0 spiro atoms. The summed E-state index contributed by atoms with van der Waals surface area (Å²) in [7, 11) is 0. The lowest BCUT2D eigenvalue weighted by Gasteiger charge is -2.23. The van der Waals surface area contributed by atoms with Crippen LogP contribution in [0.25, 0.3) is 11.1 Å². The highest BCUT2D eigenvalue weighted by Gasteiger charge is 2.25. The third-order valence-electron chi connectivity index (χ3n) is 7.83. The minimum absolute atomic E-state index is 0.0857. The predicted molar refractivity (Wildman–Crippen MR) is 181 cm³/mol. The Labute approximate surface area is 261 Å². The quantitative estimate of drug-likeness (QED) is 0.140. The molecule has 1 aromatic heterocycles. The number of amides is 2. The third-order valence-corrected chi connectivity index (χ3v) is 7.83. The number of rotatable bonds is 13. The summed E-state index contributed by atoms with van der Waals surface area (Å²) < 4.78 is 2.27. The molecule has 0 aliphatic rings. The number of aryl methyl sites for hydroxylation is 1. The number of anilines is 3.